The van der Waals surface area contributed by atoms with Crippen molar-refractivity contribution in [2.45, 2.75) is 69.5 Å². The quantitative estimate of drug-likeness (QED) is 0.854. The lowest BCUT2D eigenvalue weighted by atomic mass is 9.76. The second kappa shape index (κ2) is 5.59. The summed E-state index contributed by atoms with van der Waals surface area (Å²) in [6, 6.07) is -0.350. The highest BCUT2D eigenvalue weighted by Crippen LogP contribution is 2.42. The first kappa shape index (κ1) is 14.8. The molecule has 1 N–H and O–H groups in total. The molecule has 21 heavy (non-hydrogen) atoms. The van der Waals surface area contributed by atoms with E-state index in [1.807, 2.05) is 11.8 Å². The monoisotopic (exact) mass is 294 g/mol. The number of ether oxygens (including phenoxy) is 1. The van der Waals surface area contributed by atoms with Crippen LogP contribution in [0.25, 0.3) is 0 Å². The number of carbonyl (C=O) groups is 2. The topological polar surface area (TPSA) is 58.6 Å². The van der Waals surface area contributed by atoms with Gasteiger partial charge >= 0.3 is 0 Å². The molecule has 5 nitrogen and oxygen atoms in total. The maximum atomic E-state index is 13.0. The minimum Gasteiger partial charge on any atom is -0.383 e. The van der Waals surface area contributed by atoms with Gasteiger partial charge in [0.2, 0.25) is 11.8 Å². The van der Waals surface area contributed by atoms with Gasteiger partial charge in [-0.05, 0) is 38.5 Å². The molecule has 2 amide bonds. The van der Waals surface area contributed by atoms with Crippen LogP contribution in [0.15, 0.2) is 0 Å². The van der Waals surface area contributed by atoms with Crippen molar-refractivity contribution in [1.82, 2.24) is 10.2 Å². The molecular formula is C16H26N2O3. The Kier molecular flexibility index (Phi) is 3.95. The van der Waals surface area contributed by atoms with Gasteiger partial charge in [0, 0.05) is 7.11 Å². The summed E-state index contributed by atoms with van der Waals surface area (Å²) in [5, 5.41) is 3.04. The highest BCUT2D eigenvalue weighted by Gasteiger charge is 2.56. The smallest absolute Gasteiger partial charge is 0.246 e. The van der Waals surface area contributed by atoms with Crippen LogP contribution < -0.4 is 5.32 Å². The lowest BCUT2D eigenvalue weighted by Crippen LogP contribution is -2.73. The molecule has 3 rings (SSSR count). The fourth-order valence-corrected chi connectivity index (χ4v) is 4.12. The van der Waals surface area contributed by atoms with Gasteiger partial charge in [-0.2, -0.15) is 0 Å². The zero-order valence-electron chi connectivity index (χ0n) is 13.1. The maximum Gasteiger partial charge on any atom is 0.246 e. The van der Waals surface area contributed by atoms with E-state index in [0.717, 1.165) is 44.9 Å². The Hall–Kier alpha value is -1.10. The second-order valence-corrected chi connectivity index (χ2v) is 6.89. The van der Waals surface area contributed by atoms with Crippen LogP contribution in [0.5, 0.6) is 0 Å². The number of piperazine rings is 1. The first-order chi connectivity index (χ1) is 10.1. The van der Waals surface area contributed by atoms with Crippen LogP contribution in [0, 0.1) is 5.92 Å². The summed E-state index contributed by atoms with van der Waals surface area (Å²) < 4.78 is 5.26. The zero-order chi connectivity index (χ0) is 15.0. The molecule has 3 fully saturated rings. The van der Waals surface area contributed by atoms with Crippen molar-refractivity contribution in [3.8, 4) is 0 Å². The van der Waals surface area contributed by atoms with Crippen molar-refractivity contribution < 1.29 is 14.3 Å². The Morgan fingerprint density at radius 3 is 2.52 bits per heavy atom. The summed E-state index contributed by atoms with van der Waals surface area (Å²) in [4.78, 5) is 27.7. The zero-order valence-corrected chi connectivity index (χ0v) is 13.1. The van der Waals surface area contributed by atoms with E-state index in [1.165, 1.54) is 0 Å². The first-order valence-electron chi connectivity index (χ1n) is 8.23. The molecule has 2 aliphatic carbocycles. The number of hydrogen-bond acceptors (Lipinski definition) is 3. The summed E-state index contributed by atoms with van der Waals surface area (Å²) in [5.41, 5.74) is -0.626. The minimum absolute atomic E-state index is 0.0482. The van der Waals surface area contributed by atoms with Crippen LogP contribution in [0.4, 0.5) is 0 Å². The number of amides is 2. The number of carbonyl (C=O) groups excluding carboxylic acids is 2. The second-order valence-electron chi connectivity index (χ2n) is 6.89. The summed E-state index contributed by atoms with van der Waals surface area (Å²) in [5.74, 6) is 0.532. The predicted molar refractivity (Wildman–Crippen MR) is 78.7 cm³/mol. The van der Waals surface area contributed by atoms with Crippen LogP contribution in [0.2, 0.25) is 0 Å². The van der Waals surface area contributed by atoms with Crippen LogP contribution in [-0.4, -0.2) is 48.1 Å². The first-order valence-corrected chi connectivity index (χ1v) is 8.23. The fraction of sp³-hybridized carbons (Fsp3) is 0.875. The van der Waals surface area contributed by atoms with Gasteiger partial charge in [0.05, 0.1) is 12.6 Å². The Balaban J connectivity index is 1.92. The molecule has 0 aromatic heterocycles. The molecule has 1 heterocycles. The average molecular weight is 294 g/mol. The van der Waals surface area contributed by atoms with Crippen molar-refractivity contribution in [2.75, 3.05) is 13.7 Å². The lowest BCUT2D eigenvalue weighted by molar-refractivity contribution is -0.165. The van der Waals surface area contributed by atoms with E-state index in [9.17, 15) is 9.59 Å². The van der Waals surface area contributed by atoms with Gasteiger partial charge in [-0.15, -0.1) is 0 Å². The summed E-state index contributed by atoms with van der Waals surface area (Å²) >= 11 is 0. The van der Waals surface area contributed by atoms with Gasteiger partial charge in [0.1, 0.15) is 11.6 Å². The molecule has 3 aliphatic rings. The van der Waals surface area contributed by atoms with Gasteiger partial charge < -0.3 is 15.0 Å². The molecule has 0 radical (unpaired) electrons. The summed E-state index contributed by atoms with van der Waals surface area (Å²) in [7, 11) is 1.65. The van der Waals surface area contributed by atoms with Crippen molar-refractivity contribution in [2.24, 2.45) is 5.92 Å². The molecule has 118 valence electrons. The van der Waals surface area contributed by atoms with Gasteiger partial charge in [0.25, 0.3) is 0 Å². The van der Waals surface area contributed by atoms with E-state index in [-0.39, 0.29) is 23.9 Å². The highest BCUT2D eigenvalue weighted by atomic mass is 16.5. The number of nitrogens with zero attached hydrogens (tertiary/aromatic N) is 1. The number of nitrogens with one attached hydrogen (secondary N) is 1. The van der Waals surface area contributed by atoms with Crippen LogP contribution in [-0.2, 0) is 14.3 Å². The van der Waals surface area contributed by atoms with Crippen molar-refractivity contribution in [1.29, 1.82) is 0 Å². The third-order valence-electron chi connectivity index (χ3n) is 5.30. The highest BCUT2D eigenvalue weighted by molar-refractivity contribution is 6.00. The molecule has 2 unspecified atom stereocenters. The number of rotatable bonds is 4. The minimum atomic E-state index is -0.626. The molecule has 0 aromatic rings. The van der Waals surface area contributed by atoms with E-state index in [1.54, 1.807) is 7.11 Å². The standard InChI is InChI=1S/C16H26N2O3/c1-11(10-21-2)18-14(19)13(12-6-7-12)17-15(20)16(18)8-4-3-5-9-16/h11-13H,3-10H2,1-2H3,(H,17,20). The molecule has 0 aromatic carbocycles. The molecule has 1 aliphatic heterocycles. The molecular weight excluding hydrogens is 268 g/mol. The third kappa shape index (κ3) is 2.45. The van der Waals surface area contributed by atoms with Crippen LogP contribution in [0.3, 0.4) is 0 Å². The number of hydrogen-bond donors (Lipinski definition) is 1. The van der Waals surface area contributed by atoms with E-state index in [2.05, 4.69) is 5.32 Å². The Morgan fingerprint density at radius 1 is 1.29 bits per heavy atom. The average Bonchev–Trinajstić information content (AvgIpc) is 3.29. The summed E-state index contributed by atoms with van der Waals surface area (Å²) in [6.07, 6.45) is 6.87. The van der Waals surface area contributed by atoms with Crippen LogP contribution >= 0.6 is 0 Å². The third-order valence-corrected chi connectivity index (χ3v) is 5.30. The molecule has 2 atom stereocenters. The van der Waals surface area contributed by atoms with Gasteiger partial charge in [-0.3, -0.25) is 9.59 Å². The number of methoxy groups -OCH3 is 1. The fourth-order valence-electron chi connectivity index (χ4n) is 4.12. The van der Waals surface area contributed by atoms with Crippen LogP contribution in [0.1, 0.15) is 51.9 Å². The lowest BCUT2D eigenvalue weighted by Gasteiger charge is -2.52. The molecule has 2 saturated carbocycles. The van der Waals surface area contributed by atoms with Crippen molar-refractivity contribution in [3.63, 3.8) is 0 Å². The largest absolute Gasteiger partial charge is 0.383 e. The molecule has 1 saturated heterocycles. The Morgan fingerprint density at radius 2 is 1.95 bits per heavy atom. The van der Waals surface area contributed by atoms with Crippen molar-refractivity contribution >= 4 is 11.8 Å². The normalized spacial score (nSPS) is 30.4. The van der Waals surface area contributed by atoms with E-state index >= 15 is 0 Å². The molecule has 5 heteroatoms. The van der Waals surface area contributed by atoms with Gasteiger partial charge in [0.15, 0.2) is 0 Å². The predicted octanol–water partition coefficient (Wildman–Crippen LogP) is 1.46. The summed E-state index contributed by atoms with van der Waals surface area (Å²) in [6.45, 7) is 2.48. The Labute approximate surface area is 126 Å². The van der Waals surface area contributed by atoms with Crippen molar-refractivity contribution in [3.05, 3.63) is 0 Å². The van der Waals surface area contributed by atoms with E-state index in [0.29, 0.717) is 12.5 Å². The Bertz CT molecular complexity index is 427. The van der Waals surface area contributed by atoms with Gasteiger partial charge in [-0.25, -0.2) is 0 Å². The van der Waals surface area contributed by atoms with E-state index < -0.39 is 5.54 Å². The molecule has 1 spiro atoms. The van der Waals surface area contributed by atoms with E-state index in [4.69, 9.17) is 4.74 Å². The SMILES string of the molecule is COCC(C)N1C(=O)C(C2CC2)NC(=O)C12CCCCC2. The molecule has 0 bridgehead atoms. The maximum absolute atomic E-state index is 13.0. The van der Waals surface area contributed by atoms with Gasteiger partial charge in [-0.1, -0.05) is 19.3 Å².